The number of benzene rings is 3. The molecule has 6 aromatic rings. The van der Waals surface area contributed by atoms with E-state index < -0.39 is 0 Å². The first-order chi connectivity index (χ1) is 15.0. The van der Waals surface area contributed by atoms with Crippen molar-refractivity contribution in [1.29, 1.82) is 0 Å². The average molecular weight is 444 g/mol. The largest absolute Gasteiger partial charge is 0.343 e. The van der Waals surface area contributed by atoms with E-state index in [9.17, 15) is 4.79 Å². The summed E-state index contributed by atoms with van der Waals surface area (Å²) >= 11 is 12.6. The van der Waals surface area contributed by atoms with Crippen molar-refractivity contribution in [2.75, 3.05) is 0 Å². The second-order valence-corrected chi connectivity index (χ2v) is 8.43. The van der Waals surface area contributed by atoms with Gasteiger partial charge in [0.25, 0.3) is 5.56 Å². The zero-order valence-electron chi connectivity index (χ0n) is 16.4. The van der Waals surface area contributed by atoms with Crippen LogP contribution in [0.1, 0.15) is 5.56 Å². The summed E-state index contributed by atoms with van der Waals surface area (Å²) in [6.07, 6.45) is 1.99. The number of nitrogens with zero attached hydrogens (tertiary/aromatic N) is 3. The molecule has 0 saturated heterocycles. The Morgan fingerprint density at radius 1 is 0.935 bits per heavy atom. The van der Waals surface area contributed by atoms with E-state index in [0.29, 0.717) is 21.1 Å². The number of fused-ring (bicyclic) bond motifs is 6. The molecular formula is C25H15Cl2N3O. The molecule has 0 aliphatic carbocycles. The van der Waals surface area contributed by atoms with Gasteiger partial charge in [-0.1, -0.05) is 59.6 Å². The highest BCUT2D eigenvalue weighted by Crippen LogP contribution is 2.26. The van der Waals surface area contributed by atoms with Gasteiger partial charge in [-0.3, -0.25) is 9.20 Å². The normalized spacial score (nSPS) is 12.7. The number of hydrogen-bond donors (Lipinski definition) is 0. The van der Waals surface area contributed by atoms with Gasteiger partial charge in [-0.2, -0.15) is 0 Å². The maximum atomic E-state index is 13.8. The van der Waals surface area contributed by atoms with Gasteiger partial charge in [0.15, 0.2) is 0 Å². The Kier molecular flexibility index (Phi) is 3.91. The van der Waals surface area contributed by atoms with Crippen molar-refractivity contribution in [2.45, 2.75) is 0 Å². The van der Waals surface area contributed by atoms with Crippen LogP contribution in [0.3, 0.4) is 0 Å². The fraction of sp³-hybridized carbons (Fsp3) is 0.0400. The van der Waals surface area contributed by atoms with E-state index in [2.05, 4.69) is 4.57 Å². The first-order valence-electron chi connectivity index (χ1n) is 9.81. The van der Waals surface area contributed by atoms with E-state index in [1.54, 1.807) is 16.5 Å². The predicted octanol–water partition coefficient (Wildman–Crippen LogP) is 5.35. The molecule has 0 unspecified atom stereocenters. The van der Waals surface area contributed by atoms with E-state index in [4.69, 9.17) is 28.2 Å². The Morgan fingerprint density at radius 2 is 1.68 bits per heavy atom. The molecule has 0 bridgehead atoms. The molecule has 0 radical (unpaired) electrons. The van der Waals surface area contributed by atoms with Crippen LogP contribution in [-0.4, -0.2) is 14.0 Å². The van der Waals surface area contributed by atoms with E-state index >= 15 is 0 Å². The van der Waals surface area contributed by atoms with Crippen molar-refractivity contribution in [3.63, 3.8) is 0 Å². The van der Waals surface area contributed by atoms with Crippen molar-refractivity contribution >= 4 is 67.8 Å². The number of imidazole rings is 1. The Labute approximate surface area is 186 Å². The third-order valence-corrected chi connectivity index (χ3v) is 6.41. The minimum absolute atomic E-state index is 0.0742. The van der Waals surface area contributed by atoms with Gasteiger partial charge in [0.2, 0.25) is 0 Å². The molecule has 150 valence electrons. The standard InChI is InChI=1S/C25H15Cl2N3O/c1-29-20-8-4-2-6-16(20)22-23(29)17(12-14-10-11-15(26)13-18(14)27)24-28-19-7-3-5-9-21(19)30(24)25(22)31/h2-13H,1H3/b17-12-. The number of rotatable bonds is 1. The minimum Gasteiger partial charge on any atom is -0.343 e. The van der Waals surface area contributed by atoms with Crippen LogP contribution in [0.4, 0.5) is 0 Å². The molecule has 3 aromatic heterocycles. The van der Waals surface area contributed by atoms with Crippen LogP contribution < -0.4 is 10.8 Å². The van der Waals surface area contributed by atoms with E-state index in [-0.39, 0.29) is 5.56 Å². The molecule has 3 heterocycles. The molecule has 0 atom stereocenters. The SMILES string of the molecule is Cn1c2ccccc2c2c(=O)n3c(nc4ccccc43)/c(=C\c3ccc(Cl)cc3Cl)c21. The van der Waals surface area contributed by atoms with Gasteiger partial charge in [0, 0.05) is 33.2 Å². The lowest BCUT2D eigenvalue weighted by Crippen LogP contribution is -2.22. The summed E-state index contributed by atoms with van der Waals surface area (Å²) in [6, 6.07) is 21.0. The third-order valence-electron chi connectivity index (χ3n) is 5.84. The lowest BCUT2D eigenvalue weighted by atomic mass is 10.1. The summed E-state index contributed by atoms with van der Waals surface area (Å²) in [5.74, 6) is 0. The molecule has 31 heavy (non-hydrogen) atoms. The van der Waals surface area contributed by atoms with Crippen LogP contribution in [0.15, 0.2) is 71.5 Å². The molecule has 3 aromatic carbocycles. The number of pyridine rings is 1. The zero-order chi connectivity index (χ0) is 21.3. The van der Waals surface area contributed by atoms with Crippen molar-refractivity contribution in [1.82, 2.24) is 14.0 Å². The van der Waals surface area contributed by atoms with Gasteiger partial charge < -0.3 is 4.57 Å². The predicted molar refractivity (Wildman–Crippen MR) is 128 cm³/mol. The topological polar surface area (TPSA) is 39.3 Å². The number of hydrogen-bond acceptors (Lipinski definition) is 2. The molecule has 4 nitrogen and oxygen atoms in total. The number of para-hydroxylation sites is 3. The monoisotopic (exact) mass is 443 g/mol. The molecule has 0 fully saturated rings. The third kappa shape index (κ3) is 2.55. The molecule has 6 rings (SSSR count). The Bertz CT molecular complexity index is 1800. The quantitative estimate of drug-likeness (QED) is 0.343. The van der Waals surface area contributed by atoms with Crippen molar-refractivity contribution in [2.24, 2.45) is 7.05 Å². The first kappa shape index (κ1) is 18.4. The summed E-state index contributed by atoms with van der Waals surface area (Å²) in [5.41, 5.74) is 4.73. The second-order valence-electron chi connectivity index (χ2n) is 7.59. The summed E-state index contributed by atoms with van der Waals surface area (Å²) in [6.45, 7) is 0. The summed E-state index contributed by atoms with van der Waals surface area (Å²) < 4.78 is 3.76. The molecule has 6 heteroatoms. The van der Waals surface area contributed by atoms with E-state index in [0.717, 1.165) is 38.2 Å². The summed E-state index contributed by atoms with van der Waals surface area (Å²) in [7, 11) is 1.98. The number of halogens is 2. The van der Waals surface area contributed by atoms with E-state index in [1.807, 2.05) is 67.7 Å². The highest BCUT2D eigenvalue weighted by Gasteiger charge is 2.19. The van der Waals surface area contributed by atoms with Gasteiger partial charge in [0.1, 0.15) is 5.65 Å². The molecule has 0 saturated carbocycles. The van der Waals surface area contributed by atoms with Crippen LogP contribution in [0.25, 0.3) is 44.6 Å². The van der Waals surface area contributed by atoms with Crippen LogP contribution in [0, 0.1) is 0 Å². The Hall–Kier alpha value is -3.34. The van der Waals surface area contributed by atoms with Gasteiger partial charge in [-0.05, 0) is 42.0 Å². The maximum Gasteiger partial charge on any atom is 0.266 e. The highest BCUT2D eigenvalue weighted by atomic mass is 35.5. The summed E-state index contributed by atoms with van der Waals surface area (Å²) in [5, 5.41) is 3.55. The average Bonchev–Trinajstić information content (AvgIpc) is 3.30. The summed E-state index contributed by atoms with van der Waals surface area (Å²) in [4.78, 5) is 18.6. The van der Waals surface area contributed by atoms with Crippen molar-refractivity contribution in [3.05, 3.63) is 97.9 Å². The Morgan fingerprint density at radius 3 is 2.48 bits per heavy atom. The first-order valence-corrected chi connectivity index (χ1v) is 10.6. The Balaban J connectivity index is 1.95. The van der Waals surface area contributed by atoms with Gasteiger partial charge in [0.05, 0.1) is 21.9 Å². The van der Waals surface area contributed by atoms with Crippen LogP contribution in [0.5, 0.6) is 0 Å². The fourth-order valence-corrected chi connectivity index (χ4v) is 4.93. The van der Waals surface area contributed by atoms with Crippen LogP contribution >= 0.6 is 23.2 Å². The second kappa shape index (κ2) is 6.58. The van der Waals surface area contributed by atoms with Gasteiger partial charge in [-0.15, -0.1) is 0 Å². The minimum atomic E-state index is -0.0742. The van der Waals surface area contributed by atoms with Crippen LogP contribution in [-0.2, 0) is 7.05 Å². The lowest BCUT2D eigenvalue weighted by molar-refractivity contribution is 1.01. The fourth-order valence-electron chi connectivity index (χ4n) is 4.46. The van der Waals surface area contributed by atoms with Crippen molar-refractivity contribution < 1.29 is 0 Å². The maximum absolute atomic E-state index is 13.8. The van der Waals surface area contributed by atoms with Crippen molar-refractivity contribution in [3.8, 4) is 0 Å². The molecule has 0 spiro atoms. The molecule has 0 aliphatic heterocycles. The molecule has 0 aliphatic rings. The van der Waals surface area contributed by atoms with Gasteiger partial charge >= 0.3 is 0 Å². The number of aryl methyl sites for hydroxylation is 1. The van der Waals surface area contributed by atoms with E-state index in [1.165, 1.54) is 0 Å². The molecular weight excluding hydrogens is 429 g/mol. The highest BCUT2D eigenvalue weighted by molar-refractivity contribution is 6.35. The molecule has 0 N–H and O–H groups in total. The van der Waals surface area contributed by atoms with Gasteiger partial charge in [-0.25, -0.2) is 4.98 Å². The molecule has 0 amide bonds. The smallest absolute Gasteiger partial charge is 0.266 e. The number of aromatic nitrogens is 3. The van der Waals surface area contributed by atoms with Crippen LogP contribution in [0.2, 0.25) is 10.0 Å². The zero-order valence-corrected chi connectivity index (χ0v) is 17.9. The lowest BCUT2D eigenvalue weighted by Gasteiger charge is -2.04.